The van der Waals surface area contributed by atoms with Crippen LogP contribution >= 0.6 is 0 Å². The summed E-state index contributed by atoms with van der Waals surface area (Å²) < 4.78 is 33.0. The van der Waals surface area contributed by atoms with E-state index in [4.69, 9.17) is 4.42 Å². The Kier molecular flexibility index (Phi) is 4.71. The molecule has 2 aromatic carbocycles. The van der Waals surface area contributed by atoms with Gasteiger partial charge in [-0.25, -0.2) is 13.1 Å². The van der Waals surface area contributed by atoms with Crippen LogP contribution < -0.4 is 4.72 Å². The average Bonchev–Trinajstić information content (AvgIpc) is 2.91. The van der Waals surface area contributed by atoms with Gasteiger partial charge in [0.25, 0.3) is 0 Å². The Morgan fingerprint density at radius 1 is 1.12 bits per heavy atom. The zero-order valence-corrected chi connectivity index (χ0v) is 14.1. The molecule has 0 unspecified atom stereocenters. The third-order valence-corrected chi connectivity index (χ3v) is 5.47. The lowest BCUT2D eigenvalue weighted by Gasteiger charge is -2.07. The second kappa shape index (κ2) is 6.76. The molecule has 3 aromatic rings. The molecule has 2 N–H and O–H groups in total. The van der Waals surface area contributed by atoms with E-state index in [0.717, 1.165) is 11.1 Å². The van der Waals surface area contributed by atoms with Crippen LogP contribution in [0.3, 0.4) is 0 Å². The van der Waals surface area contributed by atoms with E-state index >= 15 is 0 Å². The molecule has 0 aliphatic heterocycles. The zero-order chi connectivity index (χ0) is 17.2. The molecule has 0 amide bonds. The fourth-order valence-electron chi connectivity index (χ4n) is 2.63. The van der Waals surface area contributed by atoms with E-state index in [-0.39, 0.29) is 11.5 Å². The van der Waals surface area contributed by atoms with Crippen LogP contribution in [-0.4, -0.2) is 20.1 Å². The number of nitrogens with one attached hydrogen (secondary N) is 1. The molecule has 3 rings (SSSR count). The molecule has 0 saturated heterocycles. The first-order valence-electron chi connectivity index (χ1n) is 7.68. The number of benzene rings is 2. The Morgan fingerprint density at radius 2 is 1.88 bits per heavy atom. The van der Waals surface area contributed by atoms with Crippen molar-refractivity contribution in [3.8, 4) is 0 Å². The van der Waals surface area contributed by atoms with E-state index in [1.807, 2.05) is 30.3 Å². The third-order valence-electron chi connectivity index (χ3n) is 4.01. The predicted molar refractivity (Wildman–Crippen MR) is 92.2 cm³/mol. The maximum atomic E-state index is 12.5. The minimum Gasteiger partial charge on any atom is -0.458 e. The second-order valence-electron chi connectivity index (χ2n) is 5.60. The van der Waals surface area contributed by atoms with Crippen LogP contribution in [0.15, 0.2) is 57.8 Å². The van der Waals surface area contributed by atoms with Crippen molar-refractivity contribution in [2.24, 2.45) is 0 Å². The molecule has 0 atom stereocenters. The monoisotopic (exact) mass is 345 g/mol. The van der Waals surface area contributed by atoms with Crippen LogP contribution in [0.5, 0.6) is 0 Å². The fourth-order valence-corrected chi connectivity index (χ4v) is 3.68. The molecule has 1 heterocycles. The number of rotatable bonds is 6. The van der Waals surface area contributed by atoms with E-state index in [1.165, 1.54) is 6.07 Å². The molecular formula is C18H19NO4S. The van der Waals surface area contributed by atoms with E-state index in [0.29, 0.717) is 29.7 Å². The van der Waals surface area contributed by atoms with Crippen molar-refractivity contribution >= 4 is 21.0 Å². The maximum Gasteiger partial charge on any atom is 0.240 e. The van der Waals surface area contributed by atoms with Gasteiger partial charge in [0.15, 0.2) is 0 Å². The van der Waals surface area contributed by atoms with Gasteiger partial charge in [-0.2, -0.15) is 0 Å². The van der Waals surface area contributed by atoms with Gasteiger partial charge in [-0.15, -0.1) is 0 Å². The van der Waals surface area contributed by atoms with Gasteiger partial charge in [-0.1, -0.05) is 30.3 Å². The van der Waals surface area contributed by atoms with E-state index in [9.17, 15) is 13.5 Å². The molecule has 6 heteroatoms. The summed E-state index contributed by atoms with van der Waals surface area (Å²) in [6.07, 6.45) is 0.627. The summed E-state index contributed by atoms with van der Waals surface area (Å²) >= 11 is 0. The zero-order valence-electron chi connectivity index (χ0n) is 13.3. The van der Waals surface area contributed by atoms with Crippen LogP contribution in [0.2, 0.25) is 0 Å². The van der Waals surface area contributed by atoms with Gasteiger partial charge in [-0.3, -0.25) is 0 Å². The number of aryl methyl sites for hydroxylation is 1. The van der Waals surface area contributed by atoms with Crippen molar-refractivity contribution in [3.63, 3.8) is 0 Å². The molecule has 0 fully saturated rings. The van der Waals surface area contributed by atoms with Crippen LogP contribution in [0.25, 0.3) is 11.0 Å². The standard InChI is InChI=1S/C18H19NO4S/c1-13-16-11-15(7-8-17(16)23-18(13)12-20)24(21,22)19-10-9-14-5-3-2-4-6-14/h2-8,11,19-20H,9-10,12H2,1H3. The summed E-state index contributed by atoms with van der Waals surface area (Å²) in [5, 5.41) is 9.95. The molecule has 0 saturated carbocycles. The number of sulfonamides is 1. The molecule has 1 aromatic heterocycles. The summed E-state index contributed by atoms with van der Waals surface area (Å²) in [4.78, 5) is 0.191. The SMILES string of the molecule is Cc1c(CO)oc2ccc(S(=O)(=O)NCCc3ccccc3)cc12. The van der Waals surface area contributed by atoms with Crippen LogP contribution in [0, 0.1) is 6.92 Å². The quantitative estimate of drug-likeness (QED) is 0.720. The molecule has 0 aliphatic rings. The van der Waals surface area contributed by atoms with Crippen LogP contribution in [0.4, 0.5) is 0 Å². The van der Waals surface area contributed by atoms with Crippen molar-refractivity contribution in [1.82, 2.24) is 4.72 Å². The Hall–Kier alpha value is -2.15. The Bertz CT molecular complexity index is 946. The summed E-state index contributed by atoms with van der Waals surface area (Å²) in [6, 6.07) is 14.4. The summed E-state index contributed by atoms with van der Waals surface area (Å²) in [7, 11) is -3.59. The number of aliphatic hydroxyl groups is 1. The van der Waals surface area contributed by atoms with Crippen molar-refractivity contribution in [1.29, 1.82) is 0 Å². The summed E-state index contributed by atoms with van der Waals surface area (Å²) in [5.41, 5.74) is 2.41. The number of aliphatic hydroxyl groups excluding tert-OH is 1. The summed E-state index contributed by atoms with van der Waals surface area (Å²) in [5.74, 6) is 0.455. The first-order chi connectivity index (χ1) is 11.5. The van der Waals surface area contributed by atoms with Gasteiger partial charge in [0.05, 0.1) is 4.90 Å². The molecule has 0 spiro atoms. The van der Waals surface area contributed by atoms with Gasteiger partial charge in [0.2, 0.25) is 10.0 Å². The second-order valence-corrected chi connectivity index (χ2v) is 7.37. The van der Waals surface area contributed by atoms with Gasteiger partial charge < -0.3 is 9.52 Å². The highest BCUT2D eigenvalue weighted by atomic mass is 32.2. The van der Waals surface area contributed by atoms with Gasteiger partial charge in [-0.05, 0) is 37.1 Å². The number of fused-ring (bicyclic) bond motifs is 1. The highest BCUT2D eigenvalue weighted by Gasteiger charge is 2.17. The molecule has 0 radical (unpaired) electrons. The van der Waals surface area contributed by atoms with Crippen LogP contribution in [-0.2, 0) is 23.1 Å². The van der Waals surface area contributed by atoms with Crippen molar-refractivity contribution in [2.75, 3.05) is 6.54 Å². The topological polar surface area (TPSA) is 79.5 Å². The van der Waals surface area contributed by atoms with Crippen molar-refractivity contribution in [2.45, 2.75) is 24.8 Å². The molecule has 0 aliphatic carbocycles. The largest absolute Gasteiger partial charge is 0.458 e. The normalized spacial score (nSPS) is 11.9. The predicted octanol–water partition coefficient (Wildman–Crippen LogP) is 2.75. The van der Waals surface area contributed by atoms with E-state index < -0.39 is 10.0 Å². The lowest BCUT2D eigenvalue weighted by atomic mass is 10.1. The first-order valence-corrected chi connectivity index (χ1v) is 9.16. The molecule has 5 nitrogen and oxygen atoms in total. The van der Waals surface area contributed by atoms with Gasteiger partial charge in [0.1, 0.15) is 18.0 Å². The first kappa shape index (κ1) is 16.7. The molecule has 126 valence electrons. The minimum absolute atomic E-state index is 0.191. The van der Waals surface area contributed by atoms with Crippen LogP contribution in [0.1, 0.15) is 16.9 Å². The van der Waals surface area contributed by atoms with Crippen molar-refractivity contribution in [3.05, 3.63) is 65.4 Å². The molecular weight excluding hydrogens is 326 g/mol. The number of furan rings is 1. The van der Waals surface area contributed by atoms with Gasteiger partial charge in [0, 0.05) is 17.5 Å². The maximum absolute atomic E-state index is 12.5. The van der Waals surface area contributed by atoms with Gasteiger partial charge >= 0.3 is 0 Å². The lowest BCUT2D eigenvalue weighted by Crippen LogP contribution is -2.25. The van der Waals surface area contributed by atoms with E-state index in [1.54, 1.807) is 19.1 Å². The minimum atomic E-state index is -3.59. The molecule has 24 heavy (non-hydrogen) atoms. The molecule has 0 bridgehead atoms. The van der Waals surface area contributed by atoms with Crippen molar-refractivity contribution < 1.29 is 17.9 Å². The van der Waals surface area contributed by atoms with E-state index in [2.05, 4.69) is 4.72 Å². The highest BCUT2D eigenvalue weighted by Crippen LogP contribution is 2.27. The third kappa shape index (κ3) is 3.36. The number of hydrogen-bond donors (Lipinski definition) is 2. The number of hydrogen-bond acceptors (Lipinski definition) is 4. The Labute approximate surface area is 141 Å². The smallest absolute Gasteiger partial charge is 0.240 e. The Balaban J connectivity index is 1.79. The lowest BCUT2D eigenvalue weighted by molar-refractivity contribution is 0.250. The average molecular weight is 345 g/mol. The Morgan fingerprint density at radius 3 is 2.58 bits per heavy atom. The highest BCUT2D eigenvalue weighted by molar-refractivity contribution is 7.89. The summed E-state index contributed by atoms with van der Waals surface area (Å²) in [6.45, 7) is 1.92. The fraction of sp³-hybridized carbons (Fsp3) is 0.222.